The van der Waals surface area contributed by atoms with Crippen molar-refractivity contribution in [3.63, 3.8) is 0 Å². The summed E-state index contributed by atoms with van der Waals surface area (Å²) in [6, 6.07) is 7.67. The van der Waals surface area contributed by atoms with E-state index in [0.29, 0.717) is 37.8 Å². The zero-order chi connectivity index (χ0) is 22.9. The molecular formula is C23H34N6O2. The summed E-state index contributed by atoms with van der Waals surface area (Å²) in [7, 11) is 0. The van der Waals surface area contributed by atoms with Crippen LogP contribution >= 0.6 is 0 Å². The molecule has 0 aliphatic rings. The number of nitrogens with zero attached hydrogens (tertiary/aromatic N) is 4. The van der Waals surface area contributed by atoms with Gasteiger partial charge < -0.3 is 15.4 Å². The quantitative estimate of drug-likeness (QED) is 0.538. The van der Waals surface area contributed by atoms with Crippen molar-refractivity contribution in [2.75, 3.05) is 19.8 Å². The summed E-state index contributed by atoms with van der Waals surface area (Å²) in [4.78, 5) is 12.4. The molecule has 1 aromatic heterocycles. The summed E-state index contributed by atoms with van der Waals surface area (Å²) < 4.78 is 5.91. The van der Waals surface area contributed by atoms with Crippen molar-refractivity contribution < 1.29 is 9.53 Å². The third-order valence-electron chi connectivity index (χ3n) is 4.63. The number of nitrogens with one attached hydrogen (secondary N) is 2. The third-order valence-corrected chi connectivity index (χ3v) is 4.63. The van der Waals surface area contributed by atoms with Gasteiger partial charge in [-0.05, 0) is 24.1 Å². The number of benzene rings is 1. The lowest BCUT2D eigenvalue weighted by molar-refractivity contribution is -0.124. The maximum Gasteiger partial charge on any atom is 0.220 e. The summed E-state index contributed by atoms with van der Waals surface area (Å²) in [5.41, 5.74) is 1.57. The summed E-state index contributed by atoms with van der Waals surface area (Å²) in [6.45, 7) is 16.1. The number of ether oxygens (including phenoxy) is 1. The molecule has 0 bridgehead atoms. The molecular weight excluding hydrogens is 392 g/mol. The maximum absolute atomic E-state index is 12.4. The SMILES string of the molecule is C=CNCC(C)(C)COCC(C)(C)CC(=O)NCc1ccc(-c2nnc(C)nn2)cc1. The summed E-state index contributed by atoms with van der Waals surface area (Å²) in [6.07, 6.45) is 2.08. The van der Waals surface area contributed by atoms with Crippen molar-refractivity contribution in [2.24, 2.45) is 10.8 Å². The van der Waals surface area contributed by atoms with Crippen LogP contribution in [0, 0.1) is 17.8 Å². The highest BCUT2D eigenvalue weighted by Crippen LogP contribution is 2.23. The standard InChI is InChI=1S/C23H34N6O2/c1-7-24-14-23(5,6)16-31-15-22(3,4)12-20(30)25-13-18-8-10-19(11-9-18)21-28-26-17(2)27-29-21/h7-11,24H,1,12-16H2,2-6H3,(H,25,30). The van der Waals surface area contributed by atoms with Crippen LogP contribution in [0.4, 0.5) is 0 Å². The van der Waals surface area contributed by atoms with Crippen molar-refractivity contribution in [3.8, 4) is 11.4 Å². The van der Waals surface area contributed by atoms with Crippen LogP contribution in [0.2, 0.25) is 0 Å². The number of aromatic nitrogens is 4. The number of hydrogen-bond donors (Lipinski definition) is 2. The molecule has 0 atom stereocenters. The molecule has 0 spiro atoms. The van der Waals surface area contributed by atoms with Gasteiger partial charge in [-0.15, -0.1) is 20.4 Å². The number of carbonyl (C=O) groups excluding carboxylic acids is 1. The van der Waals surface area contributed by atoms with E-state index in [4.69, 9.17) is 4.74 Å². The van der Waals surface area contributed by atoms with Crippen molar-refractivity contribution in [1.29, 1.82) is 0 Å². The van der Waals surface area contributed by atoms with E-state index in [1.54, 1.807) is 13.1 Å². The van der Waals surface area contributed by atoms with Gasteiger partial charge in [0.25, 0.3) is 0 Å². The Morgan fingerprint density at radius 1 is 1.03 bits per heavy atom. The lowest BCUT2D eigenvalue weighted by atomic mass is 9.89. The zero-order valence-corrected chi connectivity index (χ0v) is 19.2. The second-order valence-electron chi connectivity index (χ2n) is 9.33. The van der Waals surface area contributed by atoms with Crippen LogP contribution in [-0.2, 0) is 16.1 Å². The molecule has 8 nitrogen and oxygen atoms in total. The van der Waals surface area contributed by atoms with Crippen LogP contribution in [0.1, 0.15) is 45.5 Å². The van der Waals surface area contributed by atoms with Gasteiger partial charge >= 0.3 is 0 Å². The maximum atomic E-state index is 12.4. The van der Waals surface area contributed by atoms with E-state index in [2.05, 4.69) is 51.5 Å². The Bertz CT molecular complexity index is 847. The first-order valence-electron chi connectivity index (χ1n) is 10.4. The van der Waals surface area contributed by atoms with Gasteiger partial charge in [0.1, 0.15) is 0 Å². The molecule has 1 aromatic carbocycles. The lowest BCUT2D eigenvalue weighted by Gasteiger charge is -2.28. The van der Waals surface area contributed by atoms with Gasteiger partial charge in [0.05, 0.1) is 13.2 Å². The highest BCUT2D eigenvalue weighted by molar-refractivity contribution is 5.76. The fourth-order valence-electron chi connectivity index (χ4n) is 2.92. The molecule has 2 aromatic rings. The molecule has 0 unspecified atom stereocenters. The monoisotopic (exact) mass is 426 g/mol. The molecule has 0 saturated carbocycles. The Morgan fingerprint density at radius 2 is 1.65 bits per heavy atom. The first kappa shape index (κ1) is 24.4. The van der Waals surface area contributed by atoms with E-state index >= 15 is 0 Å². The Hall–Kier alpha value is -2.87. The number of aryl methyl sites for hydroxylation is 1. The number of amides is 1. The Labute approximate surface area is 184 Å². The molecule has 2 rings (SSSR count). The second-order valence-corrected chi connectivity index (χ2v) is 9.33. The Balaban J connectivity index is 1.77. The highest BCUT2D eigenvalue weighted by Gasteiger charge is 2.24. The summed E-state index contributed by atoms with van der Waals surface area (Å²) in [5.74, 6) is 1.01. The van der Waals surface area contributed by atoms with Crippen molar-refractivity contribution in [1.82, 2.24) is 31.0 Å². The van der Waals surface area contributed by atoms with E-state index in [0.717, 1.165) is 17.7 Å². The predicted molar refractivity (Wildman–Crippen MR) is 121 cm³/mol. The van der Waals surface area contributed by atoms with Crippen LogP contribution < -0.4 is 10.6 Å². The highest BCUT2D eigenvalue weighted by atomic mass is 16.5. The van der Waals surface area contributed by atoms with Gasteiger partial charge in [0, 0.05) is 30.5 Å². The van der Waals surface area contributed by atoms with E-state index in [9.17, 15) is 4.79 Å². The van der Waals surface area contributed by atoms with Crippen molar-refractivity contribution in [3.05, 3.63) is 48.4 Å². The molecule has 31 heavy (non-hydrogen) atoms. The van der Waals surface area contributed by atoms with E-state index < -0.39 is 0 Å². The molecule has 0 aliphatic carbocycles. The van der Waals surface area contributed by atoms with E-state index in [-0.39, 0.29) is 16.7 Å². The Morgan fingerprint density at radius 3 is 2.26 bits per heavy atom. The first-order valence-corrected chi connectivity index (χ1v) is 10.4. The van der Waals surface area contributed by atoms with Crippen LogP contribution in [0.5, 0.6) is 0 Å². The van der Waals surface area contributed by atoms with Gasteiger partial charge in [-0.2, -0.15) is 0 Å². The van der Waals surface area contributed by atoms with Crippen molar-refractivity contribution in [2.45, 2.75) is 47.6 Å². The van der Waals surface area contributed by atoms with Crippen molar-refractivity contribution >= 4 is 5.91 Å². The van der Waals surface area contributed by atoms with Crippen LogP contribution in [-0.4, -0.2) is 46.1 Å². The van der Waals surface area contributed by atoms with E-state index in [1.807, 2.05) is 38.1 Å². The van der Waals surface area contributed by atoms with E-state index in [1.165, 1.54) is 0 Å². The molecule has 0 fully saturated rings. The molecule has 0 saturated heterocycles. The molecule has 0 radical (unpaired) electrons. The van der Waals surface area contributed by atoms with Gasteiger partial charge in [-0.25, -0.2) is 0 Å². The van der Waals surface area contributed by atoms with Crippen LogP contribution in [0.15, 0.2) is 37.0 Å². The molecule has 1 amide bonds. The largest absolute Gasteiger partial charge is 0.391 e. The first-order chi connectivity index (χ1) is 14.6. The molecule has 2 N–H and O–H groups in total. The average Bonchev–Trinajstić information content (AvgIpc) is 2.71. The molecule has 8 heteroatoms. The fourth-order valence-corrected chi connectivity index (χ4v) is 2.92. The molecule has 168 valence electrons. The average molecular weight is 427 g/mol. The van der Waals surface area contributed by atoms with Gasteiger partial charge in [0.2, 0.25) is 11.7 Å². The normalized spacial score (nSPS) is 11.8. The number of rotatable bonds is 12. The smallest absolute Gasteiger partial charge is 0.220 e. The Kier molecular flexibility index (Phi) is 8.62. The summed E-state index contributed by atoms with van der Waals surface area (Å²) >= 11 is 0. The van der Waals surface area contributed by atoms with Crippen LogP contribution in [0.3, 0.4) is 0 Å². The molecule has 1 heterocycles. The minimum absolute atomic E-state index is 0.000490. The topological polar surface area (TPSA) is 102 Å². The van der Waals surface area contributed by atoms with Gasteiger partial charge in [0.15, 0.2) is 5.82 Å². The second kappa shape index (κ2) is 10.9. The van der Waals surface area contributed by atoms with Gasteiger partial charge in [-0.3, -0.25) is 4.79 Å². The molecule has 0 aliphatic heterocycles. The number of carbonyl (C=O) groups is 1. The lowest BCUT2D eigenvalue weighted by Crippen LogP contribution is -2.34. The van der Waals surface area contributed by atoms with Gasteiger partial charge in [-0.1, -0.05) is 58.5 Å². The minimum atomic E-state index is -0.251. The zero-order valence-electron chi connectivity index (χ0n) is 19.2. The summed E-state index contributed by atoms with van der Waals surface area (Å²) in [5, 5.41) is 22.0. The third kappa shape index (κ3) is 8.80. The minimum Gasteiger partial charge on any atom is -0.391 e. The predicted octanol–water partition coefficient (Wildman–Crippen LogP) is 3.05. The fraction of sp³-hybridized carbons (Fsp3) is 0.522. The number of hydrogen-bond acceptors (Lipinski definition) is 7. The van der Waals surface area contributed by atoms with Crippen LogP contribution in [0.25, 0.3) is 11.4 Å².